The van der Waals surface area contributed by atoms with E-state index in [1.807, 2.05) is 12.1 Å². The number of hydrogen-bond donors (Lipinski definition) is 1. The Bertz CT molecular complexity index is 791. The lowest BCUT2D eigenvalue weighted by Crippen LogP contribution is -1.96. The first kappa shape index (κ1) is 11.7. The second-order valence-corrected chi connectivity index (χ2v) is 4.97. The molecule has 6 heteroatoms. The third-order valence-corrected chi connectivity index (χ3v) is 3.43. The number of benzene rings is 1. The largest absolute Gasteiger partial charge is 0.329 e. The van der Waals surface area contributed by atoms with E-state index in [1.165, 1.54) is 0 Å². The summed E-state index contributed by atoms with van der Waals surface area (Å²) in [6.07, 6.45) is 1.71. The number of aromatic amines is 1. The maximum atomic E-state index is 6.19. The fraction of sp³-hybridized carbons (Fsp3) is 0. The van der Waals surface area contributed by atoms with Crippen molar-refractivity contribution in [2.24, 2.45) is 0 Å². The molecule has 0 bridgehead atoms. The number of nitrogens with one attached hydrogen (secondary N) is 1. The summed E-state index contributed by atoms with van der Waals surface area (Å²) in [5.41, 5.74) is 2.31. The molecule has 0 amide bonds. The van der Waals surface area contributed by atoms with E-state index in [0.717, 1.165) is 16.9 Å². The smallest absolute Gasteiger partial charge is 0.184 e. The van der Waals surface area contributed by atoms with E-state index < -0.39 is 0 Å². The first-order chi connectivity index (χ1) is 8.66. The van der Waals surface area contributed by atoms with E-state index in [2.05, 4.69) is 9.97 Å². The van der Waals surface area contributed by atoms with Gasteiger partial charge in [0.05, 0.1) is 16.2 Å². The average Bonchev–Trinajstić information content (AvgIpc) is 2.68. The Morgan fingerprint density at radius 3 is 2.89 bits per heavy atom. The molecule has 0 saturated carbocycles. The molecule has 0 radical (unpaired) electrons. The standard InChI is InChI=1S/C12H7Cl2N3S/c13-7-3-4-8(14)10(6-7)17-11-9(16-12(17)18)2-1-5-15-11/h1-6H,(H,16,18). The van der Waals surface area contributed by atoms with Crippen LogP contribution >= 0.6 is 35.4 Å². The van der Waals surface area contributed by atoms with Crippen LogP contribution in [0, 0.1) is 4.77 Å². The van der Waals surface area contributed by atoms with E-state index in [-0.39, 0.29) is 0 Å². The fourth-order valence-electron chi connectivity index (χ4n) is 1.82. The minimum atomic E-state index is 0.535. The van der Waals surface area contributed by atoms with Gasteiger partial charge in [-0.25, -0.2) is 4.98 Å². The van der Waals surface area contributed by atoms with Gasteiger partial charge in [0, 0.05) is 11.2 Å². The molecule has 2 aromatic heterocycles. The molecule has 0 aliphatic carbocycles. The van der Waals surface area contributed by atoms with E-state index in [4.69, 9.17) is 35.4 Å². The van der Waals surface area contributed by atoms with Crippen molar-refractivity contribution in [3.8, 4) is 5.69 Å². The van der Waals surface area contributed by atoms with Crippen molar-refractivity contribution in [1.82, 2.24) is 14.5 Å². The Morgan fingerprint density at radius 2 is 2.06 bits per heavy atom. The molecule has 0 fully saturated rings. The molecule has 1 N–H and O–H groups in total. The number of halogens is 2. The molecule has 3 rings (SSSR count). The molecule has 3 nitrogen and oxygen atoms in total. The quantitative estimate of drug-likeness (QED) is 0.676. The maximum Gasteiger partial charge on any atom is 0.184 e. The van der Waals surface area contributed by atoms with E-state index >= 15 is 0 Å². The van der Waals surface area contributed by atoms with Crippen LogP contribution < -0.4 is 0 Å². The van der Waals surface area contributed by atoms with Crippen molar-refractivity contribution in [1.29, 1.82) is 0 Å². The molecule has 1 aromatic carbocycles. The number of fused-ring (bicyclic) bond motifs is 1. The number of aromatic nitrogens is 3. The zero-order valence-corrected chi connectivity index (χ0v) is 11.4. The molecule has 0 atom stereocenters. The van der Waals surface area contributed by atoms with Gasteiger partial charge in [0.15, 0.2) is 10.4 Å². The number of rotatable bonds is 1. The van der Waals surface area contributed by atoms with Gasteiger partial charge in [0.1, 0.15) is 0 Å². The lowest BCUT2D eigenvalue weighted by Gasteiger charge is -2.06. The molecular weight excluding hydrogens is 289 g/mol. The maximum absolute atomic E-state index is 6.19. The molecule has 0 spiro atoms. The molecule has 0 aliphatic rings. The second kappa shape index (κ2) is 4.39. The average molecular weight is 296 g/mol. The molecule has 0 aliphatic heterocycles. The summed E-state index contributed by atoms with van der Waals surface area (Å²) in [5, 5.41) is 1.17. The number of H-pyrrole nitrogens is 1. The third kappa shape index (κ3) is 1.82. The third-order valence-electron chi connectivity index (χ3n) is 2.59. The molecular formula is C12H7Cl2N3S. The van der Waals surface area contributed by atoms with Crippen LogP contribution in [0.15, 0.2) is 36.5 Å². The second-order valence-electron chi connectivity index (χ2n) is 3.74. The van der Waals surface area contributed by atoms with E-state index in [0.29, 0.717) is 14.8 Å². The summed E-state index contributed by atoms with van der Waals surface area (Å²) in [6, 6.07) is 8.99. The highest BCUT2D eigenvalue weighted by Gasteiger charge is 2.10. The van der Waals surface area contributed by atoms with Gasteiger partial charge in [-0.3, -0.25) is 4.57 Å². The predicted octanol–water partition coefficient (Wildman–Crippen LogP) is 4.39. The number of hydrogen-bond acceptors (Lipinski definition) is 2. The van der Waals surface area contributed by atoms with Gasteiger partial charge in [-0.2, -0.15) is 0 Å². The highest BCUT2D eigenvalue weighted by atomic mass is 35.5. The summed E-state index contributed by atoms with van der Waals surface area (Å²) in [4.78, 5) is 7.40. The van der Waals surface area contributed by atoms with Gasteiger partial charge in [0.2, 0.25) is 0 Å². The van der Waals surface area contributed by atoms with E-state index in [1.54, 1.807) is 29.0 Å². The van der Waals surface area contributed by atoms with Gasteiger partial charge >= 0.3 is 0 Å². The van der Waals surface area contributed by atoms with Crippen LogP contribution in [0.25, 0.3) is 16.9 Å². The molecule has 2 heterocycles. The minimum Gasteiger partial charge on any atom is -0.329 e. The lowest BCUT2D eigenvalue weighted by molar-refractivity contribution is 1.04. The van der Waals surface area contributed by atoms with Crippen LogP contribution in [-0.4, -0.2) is 14.5 Å². The highest BCUT2D eigenvalue weighted by molar-refractivity contribution is 7.71. The van der Waals surface area contributed by atoms with Gasteiger partial charge < -0.3 is 4.98 Å². The van der Waals surface area contributed by atoms with Gasteiger partial charge in [0.25, 0.3) is 0 Å². The Morgan fingerprint density at radius 1 is 1.22 bits per heavy atom. The Balaban J connectivity index is 2.41. The van der Waals surface area contributed by atoms with Crippen LogP contribution in [0.2, 0.25) is 10.0 Å². The van der Waals surface area contributed by atoms with Crippen molar-refractivity contribution < 1.29 is 0 Å². The molecule has 3 aromatic rings. The summed E-state index contributed by atoms with van der Waals surface area (Å²) >= 11 is 17.5. The van der Waals surface area contributed by atoms with Crippen LogP contribution in [0.5, 0.6) is 0 Å². The van der Waals surface area contributed by atoms with Crippen molar-refractivity contribution in [2.45, 2.75) is 0 Å². The van der Waals surface area contributed by atoms with Gasteiger partial charge in [-0.1, -0.05) is 23.2 Å². The lowest BCUT2D eigenvalue weighted by atomic mass is 10.3. The molecule has 0 unspecified atom stereocenters. The summed E-state index contributed by atoms with van der Waals surface area (Å²) in [6.45, 7) is 0. The Hall–Kier alpha value is -1.36. The SMILES string of the molecule is S=c1[nH]c2cccnc2n1-c1cc(Cl)ccc1Cl. The monoisotopic (exact) mass is 295 g/mol. The van der Waals surface area contributed by atoms with Crippen molar-refractivity contribution >= 4 is 46.6 Å². The number of pyridine rings is 1. The zero-order chi connectivity index (χ0) is 12.7. The van der Waals surface area contributed by atoms with Crippen molar-refractivity contribution in [3.05, 3.63) is 51.3 Å². The molecule has 0 saturated heterocycles. The summed E-state index contributed by atoms with van der Waals surface area (Å²) in [7, 11) is 0. The fourth-order valence-corrected chi connectivity index (χ4v) is 2.48. The topological polar surface area (TPSA) is 33.6 Å². The van der Waals surface area contributed by atoms with Crippen LogP contribution in [0.1, 0.15) is 0 Å². The molecule has 90 valence electrons. The van der Waals surface area contributed by atoms with Crippen LogP contribution in [0.3, 0.4) is 0 Å². The first-order valence-electron chi connectivity index (χ1n) is 5.18. The van der Waals surface area contributed by atoms with Gasteiger partial charge in [-0.05, 0) is 42.5 Å². The van der Waals surface area contributed by atoms with Crippen molar-refractivity contribution in [3.63, 3.8) is 0 Å². The zero-order valence-electron chi connectivity index (χ0n) is 9.02. The van der Waals surface area contributed by atoms with E-state index in [9.17, 15) is 0 Å². The van der Waals surface area contributed by atoms with Gasteiger partial charge in [-0.15, -0.1) is 0 Å². The summed E-state index contributed by atoms with van der Waals surface area (Å²) < 4.78 is 2.31. The molecule has 18 heavy (non-hydrogen) atoms. The summed E-state index contributed by atoms with van der Waals surface area (Å²) in [5.74, 6) is 0. The van der Waals surface area contributed by atoms with Crippen LogP contribution in [0.4, 0.5) is 0 Å². The first-order valence-corrected chi connectivity index (χ1v) is 6.34. The van der Waals surface area contributed by atoms with Crippen molar-refractivity contribution in [2.75, 3.05) is 0 Å². The Kier molecular flexibility index (Phi) is 2.86. The Labute approximate surface area is 118 Å². The predicted molar refractivity (Wildman–Crippen MR) is 76.3 cm³/mol. The highest BCUT2D eigenvalue weighted by Crippen LogP contribution is 2.27. The number of imidazole rings is 1. The normalized spacial score (nSPS) is 11.0. The van der Waals surface area contributed by atoms with Crippen LogP contribution in [-0.2, 0) is 0 Å². The minimum absolute atomic E-state index is 0.535. The number of nitrogens with zero attached hydrogens (tertiary/aromatic N) is 2.